The summed E-state index contributed by atoms with van der Waals surface area (Å²) in [5.41, 5.74) is 0.911. The van der Waals surface area contributed by atoms with E-state index in [1.165, 1.54) is 23.1 Å². The van der Waals surface area contributed by atoms with E-state index in [2.05, 4.69) is 35.3 Å². The third-order valence-corrected chi connectivity index (χ3v) is 4.55. The molecule has 1 aliphatic rings. The second-order valence-corrected chi connectivity index (χ2v) is 6.42. The molecule has 13 heteroatoms. The summed E-state index contributed by atoms with van der Waals surface area (Å²) in [4.78, 5) is 8.74. The second-order valence-electron chi connectivity index (χ2n) is 6.42. The third kappa shape index (κ3) is 3.66. The maximum atomic E-state index is 12.2. The first-order valence-corrected chi connectivity index (χ1v) is 8.57. The van der Waals surface area contributed by atoms with Gasteiger partial charge in [-0.15, -0.1) is 5.10 Å². The number of fused-ring (bicyclic) bond motifs is 1. The van der Waals surface area contributed by atoms with Gasteiger partial charge in [0, 0.05) is 19.3 Å². The number of aromatic amines is 1. The van der Waals surface area contributed by atoms with Crippen molar-refractivity contribution in [1.29, 1.82) is 0 Å². The monoisotopic (exact) mass is 385 g/mol. The molecule has 1 fully saturated rings. The average Bonchev–Trinajstić information content (AvgIpc) is 3.29. The smallest absolute Gasteiger partial charge is 0.388 e. The molecular formula is C15H15B2F2N7O2. The molecule has 1 saturated heterocycles. The molecule has 0 bridgehead atoms. The molecule has 0 aromatic carbocycles. The topological polar surface area (TPSA) is 103 Å². The lowest BCUT2D eigenvalue weighted by molar-refractivity contribution is -0.0528. The number of nitrogens with zero attached hydrogens (tertiary/aromatic N) is 5. The van der Waals surface area contributed by atoms with Crippen molar-refractivity contribution in [2.24, 2.45) is 5.92 Å². The van der Waals surface area contributed by atoms with E-state index in [1.54, 1.807) is 0 Å². The van der Waals surface area contributed by atoms with Crippen LogP contribution in [0.5, 0.6) is 5.88 Å². The number of alkyl halides is 2. The van der Waals surface area contributed by atoms with Gasteiger partial charge >= 0.3 is 6.61 Å². The number of anilines is 2. The van der Waals surface area contributed by atoms with Crippen LogP contribution in [0.2, 0.25) is 0 Å². The van der Waals surface area contributed by atoms with E-state index in [4.69, 9.17) is 20.4 Å². The number of rotatable bonds is 6. The molecule has 0 saturated carbocycles. The third-order valence-electron chi connectivity index (χ3n) is 4.55. The molecule has 3 aromatic heterocycles. The lowest BCUT2D eigenvalue weighted by Crippen LogP contribution is -2.45. The highest BCUT2D eigenvalue weighted by molar-refractivity contribution is 6.38. The van der Waals surface area contributed by atoms with Crippen LogP contribution in [0.4, 0.5) is 20.4 Å². The molecule has 4 rings (SSSR count). The SMILES string of the molecule is [B]C([B])(C1CCOCC1)n1ncc2ncc(Nc3cc(OC(F)F)n[nH]3)nc21. The quantitative estimate of drug-likeness (QED) is 0.617. The molecule has 0 aliphatic carbocycles. The van der Waals surface area contributed by atoms with Gasteiger partial charge in [0.05, 0.1) is 28.1 Å². The lowest BCUT2D eigenvalue weighted by atomic mass is 9.53. The summed E-state index contributed by atoms with van der Waals surface area (Å²) >= 11 is 0. The number of nitrogens with one attached hydrogen (secondary N) is 2. The molecule has 28 heavy (non-hydrogen) atoms. The fourth-order valence-electron chi connectivity index (χ4n) is 3.14. The van der Waals surface area contributed by atoms with E-state index in [0.29, 0.717) is 48.9 Å². The number of halogens is 2. The number of hydrogen-bond donors (Lipinski definition) is 2. The Balaban J connectivity index is 1.60. The fourth-order valence-corrected chi connectivity index (χ4v) is 3.14. The van der Waals surface area contributed by atoms with Gasteiger partial charge in [-0.25, -0.2) is 9.97 Å². The van der Waals surface area contributed by atoms with Gasteiger partial charge in [-0.05, 0) is 24.1 Å². The number of ether oxygens (including phenoxy) is 2. The first-order chi connectivity index (χ1) is 13.4. The Morgan fingerprint density at radius 2 is 2.11 bits per heavy atom. The predicted octanol–water partition coefficient (Wildman–Crippen LogP) is 1.27. The molecule has 2 N–H and O–H groups in total. The molecule has 4 radical (unpaired) electrons. The van der Waals surface area contributed by atoms with Crippen LogP contribution in [0.15, 0.2) is 18.5 Å². The molecule has 142 valence electrons. The average molecular weight is 385 g/mol. The predicted molar refractivity (Wildman–Crippen MR) is 96.9 cm³/mol. The summed E-state index contributed by atoms with van der Waals surface area (Å²) in [6.07, 6.45) is 4.41. The van der Waals surface area contributed by atoms with Crippen molar-refractivity contribution in [3.05, 3.63) is 18.5 Å². The molecule has 0 amide bonds. The minimum absolute atomic E-state index is 0.0376. The molecule has 0 atom stereocenters. The van der Waals surface area contributed by atoms with Crippen LogP contribution in [0.25, 0.3) is 11.2 Å². The van der Waals surface area contributed by atoms with Crippen molar-refractivity contribution < 1.29 is 18.3 Å². The fraction of sp³-hybridized carbons (Fsp3) is 0.467. The van der Waals surface area contributed by atoms with Gasteiger partial charge in [-0.3, -0.25) is 9.78 Å². The normalized spacial score (nSPS) is 16.0. The number of H-pyrrole nitrogens is 1. The van der Waals surface area contributed by atoms with Crippen molar-refractivity contribution in [2.75, 3.05) is 18.5 Å². The number of aromatic nitrogens is 6. The highest BCUT2D eigenvalue weighted by atomic mass is 19.3. The minimum atomic E-state index is -2.96. The Kier molecular flexibility index (Phi) is 4.92. The van der Waals surface area contributed by atoms with Crippen LogP contribution < -0.4 is 10.1 Å². The Labute approximate surface area is 161 Å². The lowest BCUT2D eigenvalue weighted by Gasteiger charge is -2.38. The van der Waals surface area contributed by atoms with Gasteiger partial charge in [-0.1, -0.05) is 0 Å². The van der Waals surface area contributed by atoms with E-state index < -0.39 is 11.9 Å². The zero-order chi connectivity index (χ0) is 19.7. The van der Waals surface area contributed by atoms with E-state index in [9.17, 15) is 8.78 Å². The van der Waals surface area contributed by atoms with Gasteiger partial charge in [0.2, 0.25) is 5.88 Å². The highest BCUT2D eigenvalue weighted by Gasteiger charge is 2.33. The van der Waals surface area contributed by atoms with Crippen LogP contribution in [-0.4, -0.2) is 65.5 Å². The van der Waals surface area contributed by atoms with Crippen LogP contribution in [0, 0.1) is 5.92 Å². The van der Waals surface area contributed by atoms with Gasteiger partial charge in [-0.2, -0.15) is 13.9 Å². The van der Waals surface area contributed by atoms with Crippen molar-refractivity contribution in [3.8, 4) is 5.88 Å². The highest BCUT2D eigenvalue weighted by Crippen LogP contribution is 2.30. The Hall–Kier alpha value is -2.69. The van der Waals surface area contributed by atoms with Crippen LogP contribution >= 0.6 is 0 Å². The van der Waals surface area contributed by atoms with Gasteiger partial charge in [0.25, 0.3) is 0 Å². The van der Waals surface area contributed by atoms with Crippen LogP contribution in [-0.2, 0) is 10.1 Å². The summed E-state index contributed by atoms with van der Waals surface area (Å²) in [5.74, 6) is 0.333. The first-order valence-electron chi connectivity index (χ1n) is 8.57. The van der Waals surface area contributed by atoms with Crippen molar-refractivity contribution >= 4 is 38.5 Å². The summed E-state index contributed by atoms with van der Waals surface area (Å²) in [6, 6.07) is 1.27. The molecule has 4 heterocycles. The summed E-state index contributed by atoms with van der Waals surface area (Å²) in [6.45, 7) is -1.79. The molecule has 0 spiro atoms. The standard InChI is InChI=1S/C15H15B2F2N7O2/c16-15(17,8-1-3-27-4-2-8)26-13-9(6-21-26)20-7-11(23-13)22-10-5-12(25-24-10)28-14(18)19/h5-8,14H,1-4H2,(H2,22,23,24,25). The Morgan fingerprint density at radius 3 is 2.86 bits per heavy atom. The van der Waals surface area contributed by atoms with Gasteiger partial charge < -0.3 is 14.8 Å². The maximum absolute atomic E-state index is 12.2. The van der Waals surface area contributed by atoms with E-state index >= 15 is 0 Å². The van der Waals surface area contributed by atoms with Crippen molar-refractivity contribution in [3.63, 3.8) is 0 Å². The van der Waals surface area contributed by atoms with E-state index in [0.717, 1.165) is 0 Å². The van der Waals surface area contributed by atoms with Crippen molar-refractivity contribution in [2.45, 2.75) is 24.8 Å². The number of hydrogen-bond acceptors (Lipinski definition) is 7. The second kappa shape index (κ2) is 7.38. The summed E-state index contributed by atoms with van der Waals surface area (Å²) < 4.78 is 35.5. The first kappa shape index (κ1) is 18.7. The Bertz CT molecular complexity index is 959. The summed E-state index contributed by atoms with van der Waals surface area (Å²) in [5, 5.41) is 12.0. The van der Waals surface area contributed by atoms with Gasteiger partial charge in [0.1, 0.15) is 11.3 Å². The minimum Gasteiger partial charge on any atom is -0.415 e. The summed E-state index contributed by atoms with van der Waals surface area (Å²) in [7, 11) is 12.8. The molecule has 0 unspecified atom stereocenters. The zero-order valence-electron chi connectivity index (χ0n) is 14.7. The maximum Gasteiger partial charge on any atom is 0.388 e. The van der Waals surface area contributed by atoms with E-state index in [-0.39, 0.29) is 11.8 Å². The molecule has 1 aliphatic heterocycles. The van der Waals surface area contributed by atoms with E-state index in [1.807, 2.05) is 0 Å². The molecule has 9 nitrogen and oxygen atoms in total. The van der Waals surface area contributed by atoms with Crippen LogP contribution in [0.1, 0.15) is 12.8 Å². The largest absolute Gasteiger partial charge is 0.415 e. The molecule has 3 aromatic rings. The van der Waals surface area contributed by atoms with Crippen LogP contribution in [0.3, 0.4) is 0 Å². The zero-order valence-corrected chi connectivity index (χ0v) is 14.7. The van der Waals surface area contributed by atoms with Gasteiger partial charge in [0.15, 0.2) is 11.5 Å². The van der Waals surface area contributed by atoms with Crippen molar-refractivity contribution in [1.82, 2.24) is 29.9 Å². The Morgan fingerprint density at radius 1 is 1.32 bits per heavy atom. The molecular weight excluding hydrogens is 370 g/mol.